The van der Waals surface area contributed by atoms with E-state index in [4.69, 9.17) is 27.9 Å². The van der Waals surface area contributed by atoms with Crippen LogP contribution < -0.4 is 4.74 Å². The number of hydrogen-bond donors (Lipinski definition) is 0. The summed E-state index contributed by atoms with van der Waals surface area (Å²) in [7, 11) is 1.64. The average molecular weight is 350 g/mol. The molecular weight excluding hydrogens is 329 g/mol. The molecule has 0 aliphatic carbocycles. The summed E-state index contributed by atoms with van der Waals surface area (Å²) >= 11 is 12.4. The highest BCUT2D eigenvalue weighted by molar-refractivity contribution is 6.32. The first-order valence-electron chi connectivity index (χ1n) is 8.02. The normalized spacial score (nSPS) is 17.0. The van der Waals surface area contributed by atoms with Gasteiger partial charge < -0.3 is 4.74 Å². The van der Waals surface area contributed by atoms with Gasteiger partial charge in [0.2, 0.25) is 0 Å². The predicted molar refractivity (Wildman–Crippen MR) is 96.7 cm³/mol. The molecule has 2 aromatic rings. The van der Waals surface area contributed by atoms with Crippen LogP contribution in [0.4, 0.5) is 0 Å². The summed E-state index contributed by atoms with van der Waals surface area (Å²) in [5, 5.41) is 1.42. The molecule has 1 fully saturated rings. The highest BCUT2D eigenvalue weighted by atomic mass is 35.5. The second-order valence-corrected chi connectivity index (χ2v) is 6.79. The third kappa shape index (κ3) is 3.82. The largest absolute Gasteiger partial charge is 0.495 e. The van der Waals surface area contributed by atoms with Crippen LogP contribution in [0.15, 0.2) is 42.5 Å². The number of halogens is 2. The molecule has 0 radical (unpaired) electrons. The maximum Gasteiger partial charge on any atom is 0.137 e. The summed E-state index contributed by atoms with van der Waals surface area (Å²) in [6.07, 6.45) is 3.80. The van der Waals surface area contributed by atoms with E-state index in [1.165, 1.54) is 30.4 Å². The van der Waals surface area contributed by atoms with Crippen LogP contribution in [0.25, 0.3) is 0 Å². The molecular formula is C19H21Cl2NO. The molecule has 1 unspecified atom stereocenters. The maximum atomic E-state index is 6.36. The topological polar surface area (TPSA) is 12.5 Å². The van der Waals surface area contributed by atoms with Gasteiger partial charge in [-0.05, 0) is 61.3 Å². The minimum absolute atomic E-state index is 0.205. The van der Waals surface area contributed by atoms with Crippen molar-refractivity contribution < 1.29 is 4.74 Å². The quantitative estimate of drug-likeness (QED) is 0.714. The molecule has 1 aliphatic rings. The summed E-state index contributed by atoms with van der Waals surface area (Å²) in [6.45, 7) is 2.22. The van der Waals surface area contributed by atoms with Crippen molar-refractivity contribution >= 4 is 23.2 Å². The number of rotatable bonds is 4. The van der Waals surface area contributed by atoms with E-state index in [-0.39, 0.29) is 6.04 Å². The molecule has 0 saturated carbocycles. The van der Waals surface area contributed by atoms with E-state index in [1.807, 2.05) is 24.3 Å². The van der Waals surface area contributed by atoms with Crippen molar-refractivity contribution in [3.05, 3.63) is 63.6 Å². The first kappa shape index (κ1) is 16.6. The van der Waals surface area contributed by atoms with Gasteiger partial charge in [-0.3, -0.25) is 4.90 Å². The van der Waals surface area contributed by atoms with Crippen molar-refractivity contribution in [3.8, 4) is 5.75 Å². The van der Waals surface area contributed by atoms with Crippen molar-refractivity contribution in [2.45, 2.75) is 25.3 Å². The molecule has 1 heterocycles. The molecule has 2 nitrogen and oxygen atoms in total. The standard InChI is InChI=1S/C19H21Cl2NO/c1-23-18-10-7-15(13-17(18)21)19(22-11-3-2-4-12-22)14-5-8-16(20)9-6-14/h5-10,13,19H,2-4,11-12H2,1H3. The predicted octanol–water partition coefficient (Wildman–Crippen LogP) is 5.58. The van der Waals surface area contributed by atoms with Gasteiger partial charge >= 0.3 is 0 Å². The SMILES string of the molecule is COc1ccc(C(c2ccc(Cl)cc2)N2CCCCC2)cc1Cl. The summed E-state index contributed by atoms with van der Waals surface area (Å²) in [5.74, 6) is 0.712. The first-order chi connectivity index (χ1) is 11.2. The van der Waals surface area contributed by atoms with Crippen molar-refractivity contribution in [1.29, 1.82) is 0 Å². The van der Waals surface area contributed by atoms with E-state index in [1.54, 1.807) is 7.11 Å². The van der Waals surface area contributed by atoms with E-state index >= 15 is 0 Å². The Bertz CT molecular complexity index is 651. The van der Waals surface area contributed by atoms with Gasteiger partial charge in [-0.1, -0.05) is 47.8 Å². The molecule has 1 aliphatic heterocycles. The minimum Gasteiger partial charge on any atom is -0.495 e. The lowest BCUT2D eigenvalue weighted by Crippen LogP contribution is -2.34. The molecule has 0 bridgehead atoms. The molecule has 3 rings (SSSR count). The summed E-state index contributed by atoms with van der Waals surface area (Å²) in [4.78, 5) is 2.53. The Labute approximate surface area is 148 Å². The molecule has 0 aromatic heterocycles. The Hall–Kier alpha value is -1.22. The zero-order valence-electron chi connectivity index (χ0n) is 13.3. The number of methoxy groups -OCH3 is 1. The molecule has 122 valence electrons. The fraction of sp³-hybridized carbons (Fsp3) is 0.368. The fourth-order valence-electron chi connectivity index (χ4n) is 3.29. The van der Waals surface area contributed by atoms with Crippen LogP contribution in [-0.2, 0) is 0 Å². The number of hydrogen-bond acceptors (Lipinski definition) is 2. The monoisotopic (exact) mass is 349 g/mol. The Morgan fingerprint density at radius 3 is 2.17 bits per heavy atom. The van der Waals surface area contributed by atoms with Crippen LogP contribution in [0.3, 0.4) is 0 Å². The van der Waals surface area contributed by atoms with Crippen LogP contribution in [0.1, 0.15) is 36.4 Å². The molecule has 0 spiro atoms. The van der Waals surface area contributed by atoms with E-state index in [0.717, 1.165) is 18.1 Å². The van der Waals surface area contributed by atoms with Crippen LogP contribution in [0.2, 0.25) is 10.0 Å². The number of benzene rings is 2. The van der Waals surface area contributed by atoms with Crippen LogP contribution in [-0.4, -0.2) is 25.1 Å². The van der Waals surface area contributed by atoms with Gasteiger partial charge in [-0.2, -0.15) is 0 Å². The average Bonchev–Trinajstić information content (AvgIpc) is 2.58. The van der Waals surface area contributed by atoms with E-state index in [2.05, 4.69) is 23.1 Å². The van der Waals surface area contributed by atoms with E-state index < -0.39 is 0 Å². The number of ether oxygens (including phenoxy) is 1. The van der Waals surface area contributed by atoms with Crippen molar-refractivity contribution in [2.75, 3.05) is 20.2 Å². The Morgan fingerprint density at radius 1 is 0.913 bits per heavy atom. The summed E-state index contributed by atoms with van der Waals surface area (Å²) < 4.78 is 5.28. The highest BCUT2D eigenvalue weighted by Crippen LogP contribution is 2.35. The molecule has 1 atom stereocenters. The van der Waals surface area contributed by atoms with E-state index in [9.17, 15) is 0 Å². The van der Waals surface area contributed by atoms with Crippen LogP contribution >= 0.6 is 23.2 Å². The Morgan fingerprint density at radius 2 is 1.57 bits per heavy atom. The summed E-state index contributed by atoms with van der Waals surface area (Å²) in [5.41, 5.74) is 2.44. The first-order valence-corrected chi connectivity index (χ1v) is 8.77. The lowest BCUT2D eigenvalue weighted by atomic mass is 9.95. The van der Waals surface area contributed by atoms with Gasteiger partial charge in [0.1, 0.15) is 5.75 Å². The molecule has 0 amide bonds. The lowest BCUT2D eigenvalue weighted by molar-refractivity contribution is 0.187. The minimum atomic E-state index is 0.205. The lowest BCUT2D eigenvalue weighted by Gasteiger charge is -2.35. The van der Waals surface area contributed by atoms with Gasteiger partial charge in [-0.15, -0.1) is 0 Å². The van der Waals surface area contributed by atoms with Crippen molar-refractivity contribution in [3.63, 3.8) is 0 Å². The fourth-order valence-corrected chi connectivity index (χ4v) is 3.68. The zero-order valence-corrected chi connectivity index (χ0v) is 14.8. The molecule has 1 saturated heterocycles. The van der Waals surface area contributed by atoms with Gasteiger partial charge in [0.15, 0.2) is 0 Å². The summed E-state index contributed by atoms with van der Waals surface area (Å²) in [6, 6.07) is 14.4. The molecule has 4 heteroatoms. The second kappa shape index (κ2) is 7.57. The van der Waals surface area contributed by atoms with Crippen LogP contribution in [0, 0.1) is 0 Å². The van der Waals surface area contributed by atoms with E-state index in [0.29, 0.717) is 10.8 Å². The molecule has 23 heavy (non-hydrogen) atoms. The number of nitrogens with zero attached hydrogens (tertiary/aromatic N) is 1. The third-order valence-corrected chi connectivity index (χ3v) is 4.98. The van der Waals surface area contributed by atoms with Crippen molar-refractivity contribution in [1.82, 2.24) is 4.90 Å². The van der Waals surface area contributed by atoms with Crippen LogP contribution in [0.5, 0.6) is 5.75 Å². The molecule has 2 aromatic carbocycles. The maximum absolute atomic E-state index is 6.36. The van der Waals surface area contributed by atoms with Gasteiger partial charge in [-0.25, -0.2) is 0 Å². The number of piperidine rings is 1. The van der Waals surface area contributed by atoms with Crippen molar-refractivity contribution in [2.24, 2.45) is 0 Å². The van der Waals surface area contributed by atoms with Gasteiger partial charge in [0, 0.05) is 5.02 Å². The highest BCUT2D eigenvalue weighted by Gasteiger charge is 2.24. The second-order valence-electron chi connectivity index (χ2n) is 5.94. The Kier molecular flexibility index (Phi) is 5.47. The Balaban J connectivity index is 2.00. The van der Waals surface area contributed by atoms with Gasteiger partial charge in [0.05, 0.1) is 18.2 Å². The smallest absolute Gasteiger partial charge is 0.137 e. The zero-order chi connectivity index (χ0) is 16.2. The van der Waals surface area contributed by atoms with Gasteiger partial charge in [0.25, 0.3) is 0 Å². The molecule has 0 N–H and O–H groups in total. The number of likely N-dealkylation sites (tertiary alicyclic amines) is 1. The third-order valence-electron chi connectivity index (χ3n) is 4.43.